The number of nitrogens with zero attached hydrogens (tertiary/aromatic N) is 2. The highest BCUT2D eigenvalue weighted by atomic mass is 32.2. The van der Waals surface area contributed by atoms with Crippen molar-refractivity contribution in [1.29, 1.82) is 0 Å². The topological polar surface area (TPSA) is 76.2 Å². The molecule has 0 spiro atoms. The molecule has 0 aromatic heterocycles. The first kappa shape index (κ1) is 24.1. The summed E-state index contributed by atoms with van der Waals surface area (Å²) in [4.78, 5) is 14.2. The second kappa shape index (κ2) is 9.91. The van der Waals surface area contributed by atoms with Crippen molar-refractivity contribution >= 4 is 21.6 Å². The zero-order valence-electron chi connectivity index (χ0n) is 18.8. The molecule has 0 fully saturated rings. The third kappa shape index (κ3) is 5.09. The normalized spacial score (nSPS) is 11.1. The Hall–Kier alpha value is -3.59. The van der Waals surface area contributed by atoms with Gasteiger partial charge >= 0.3 is 0 Å². The summed E-state index contributed by atoms with van der Waals surface area (Å²) in [5.74, 6) is -0.285. The fourth-order valence-corrected chi connectivity index (χ4v) is 4.53. The minimum absolute atomic E-state index is 0.0346. The Bertz CT molecular complexity index is 1250. The minimum atomic E-state index is -3.87. The Morgan fingerprint density at radius 2 is 1.55 bits per heavy atom. The van der Waals surface area contributed by atoms with E-state index in [1.165, 1.54) is 62.6 Å². The van der Waals surface area contributed by atoms with E-state index in [0.717, 1.165) is 4.31 Å². The summed E-state index contributed by atoms with van der Waals surface area (Å²) in [6.45, 7) is 0.177. The van der Waals surface area contributed by atoms with E-state index >= 15 is 0 Å². The van der Waals surface area contributed by atoms with Crippen LogP contribution in [0.4, 0.5) is 10.1 Å². The van der Waals surface area contributed by atoms with Crippen molar-refractivity contribution in [3.05, 3.63) is 83.7 Å². The number of rotatable bonds is 8. The van der Waals surface area contributed by atoms with E-state index in [1.807, 2.05) is 0 Å². The lowest BCUT2D eigenvalue weighted by atomic mass is 10.1. The highest BCUT2D eigenvalue weighted by Gasteiger charge is 2.24. The smallest absolute Gasteiger partial charge is 0.264 e. The molecule has 33 heavy (non-hydrogen) atoms. The second-order valence-corrected chi connectivity index (χ2v) is 9.27. The molecule has 0 atom stereocenters. The molecule has 3 aromatic carbocycles. The van der Waals surface area contributed by atoms with Crippen molar-refractivity contribution < 1.29 is 27.1 Å². The van der Waals surface area contributed by atoms with Crippen LogP contribution in [0.5, 0.6) is 11.5 Å². The number of hydrogen-bond acceptors (Lipinski definition) is 5. The van der Waals surface area contributed by atoms with Crippen LogP contribution in [0, 0.1) is 5.82 Å². The van der Waals surface area contributed by atoms with Crippen molar-refractivity contribution in [1.82, 2.24) is 4.90 Å². The first-order chi connectivity index (χ1) is 15.7. The number of hydrogen-bond donors (Lipinski definition) is 0. The Labute approximate surface area is 193 Å². The van der Waals surface area contributed by atoms with Crippen LogP contribution in [-0.4, -0.2) is 47.5 Å². The molecule has 0 N–H and O–H groups in total. The first-order valence-corrected chi connectivity index (χ1v) is 11.4. The summed E-state index contributed by atoms with van der Waals surface area (Å²) in [5.41, 5.74) is 1.30. The summed E-state index contributed by atoms with van der Waals surface area (Å²) in [5, 5.41) is 0. The number of anilines is 1. The molecule has 3 aromatic rings. The van der Waals surface area contributed by atoms with Gasteiger partial charge in [-0.05, 0) is 54.1 Å². The van der Waals surface area contributed by atoms with Crippen LogP contribution < -0.4 is 13.8 Å². The van der Waals surface area contributed by atoms with Crippen molar-refractivity contribution in [2.75, 3.05) is 32.6 Å². The van der Waals surface area contributed by atoms with Crippen LogP contribution >= 0.6 is 0 Å². The molecule has 0 saturated carbocycles. The Morgan fingerprint density at radius 1 is 0.909 bits per heavy atom. The highest BCUT2D eigenvalue weighted by molar-refractivity contribution is 7.92. The predicted octanol–water partition coefficient (Wildman–Crippen LogP) is 3.94. The fourth-order valence-electron chi connectivity index (χ4n) is 3.32. The fraction of sp³-hybridized carbons (Fsp3) is 0.208. The van der Waals surface area contributed by atoms with Gasteiger partial charge < -0.3 is 14.4 Å². The molecule has 3 rings (SSSR count). The quantitative estimate of drug-likeness (QED) is 0.496. The van der Waals surface area contributed by atoms with Crippen molar-refractivity contribution in [2.45, 2.75) is 11.4 Å². The monoisotopic (exact) mass is 472 g/mol. The van der Waals surface area contributed by atoms with Gasteiger partial charge in [0.2, 0.25) is 0 Å². The molecule has 0 unspecified atom stereocenters. The van der Waals surface area contributed by atoms with Crippen molar-refractivity contribution in [3.63, 3.8) is 0 Å². The Morgan fingerprint density at radius 3 is 2.15 bits per heavy atom. The number of para-hydroxylation sites is 2. The van der Waals surface area contributed by atoms with Gasteiger partial charge in [-0.15, -0.1) is 0 Å². The SMILES string of the molecule is COc1ccc(CN(C)C(=O)c2ccc(S(=O)(=O)N(C)c3ccccc3OC)cc2)cc1F. The summed E-state index contributed by atoms with van der Waals surface area (Å²) in [7, 11) is 2.00. The van der Waals surface area contributed by atoms with Crippen molar-refractivity contribution in [3.8, 4) is 11.5 Å². The standard InChI is InChI=1S/C24H25FN2O5S/c1-26(16-17-9-14-22(31-3)20(25)15-17)24(28)18-10-12-19(13-11-18)33(29,30)27(2)21-7-5-6-8-23(21)32-4/h5-15H,16H2,1-4H3. The van der Waals surface area contributed by atoms with E-state index in [2.05, 4.69) is 0 Å². The number of sulfonamides is 1. The maximum atomic E-state index is 13.9. The lowest BCUT2D eigenvalue weighted by molar-refractivity contribution is 0.0785. The van der Waals surface area contributed by atoms with E-state index in [9.17, 15) is 17.6 Å². The number of benzene rings is 3. The average Bonchev–Trinajstić information content (AvgIpc) is 2.83. The molecule has 7 nitrogen and oxygen atoms in total. The van der Waals surface area contributed by atoms with Gasteiger partial charge in [0, 0.05) is 26.2 Å². The maximum Gasteiger partial charge on any atom is 0.264 e. The second-order valence-electron chi connectivity index (χ2n) is 7.30. The van der Waals surface area contributed by atoms with Crippen LogP contribution in [0.15, 0.2) is 71.6 Å². The molecular weight excluding hydrogens is 447 g/mol. The molecule has 0 heterocycles. The van der Waals surface area contributed by atoms with E-state index in [1.54, 1.807) is 37.4 Å². The van der Waals surface area contributed by atoms with Crippen LogP contribution in [0.25, 0.3) is 0 Å². The van der Waals surface area contributed by atoms with E-state index in [0.29, 0.717) is 22.6 Å². The summed E-state index contributed by atoms with van der Waals surface area (Å²) in [6, 6.07) is 17.0. The molecule has 1 amide bonds. The molecule has 0 aliphatic heterocycles. The number of halogens is 1. The summed E-state index contributed by atoms with van der Waals surface area (Å²) in [6.07, 6.45) is 0. The summed E-state index contributed by atoms with van der Waals surface area (Å²) < 4.78 is 51.4. The zero-order chi connectivity index (χ0) is 24.2. The lowest BCUT2D eigenvalue weighted by Gasteiger charge is -2.22. The van der Waals surface area contributed by atoms with E-state index in [-0.39, 0.29) is 23.1 Å². The lowest BCUT2D eigenvalue weighted by Crippen LogP contribution is -2.28. The number of ether oxygens (including phenoxy) is 2. The zero-order valence-corrected chi connectivity index (χ0v) is 19.6. The van der Waals surface area contributed by atoms with Crippen LogP contribution in [0.2, 0.25) is 0 Å². The Kier molecular flexibility index (Phi) is 7.23. The predicted molar refractivity (Wildman–Crippen MR) is 124 cm³/mol. The van der Waals surface area contributed by atoms with Crippen LogP contribution in [0.1, 0.15) is 15.9 Å². The van der Waals surface area contributed by atoms with Crippen molar-refractivity contribution in [2.24, 2.45) is 0 Å². The largest absolute Gasteiger partial charge is 0.495 e. The summed E-state index contributed by atoms with van der Waals surface area (Å²) >= 11 is 0. The molecule has 0 radical (unpaired) electrons. The number of amides is 1. The van der Waals surface area contributed by atoms with Gasteiger partial charge in [-0.1, -0.05) is 18.2 Å². The first-order valence-electron chi connectivity index (χ1n) is 9.99. The Balaban J connectivity index is 1.77. The average molecular weight is 473 g/mol. The molecule has 0 saturated heterocycles. The molecular formula is C24H25FN2O5S. The molecule has 0 aliphatic carbocycles. The molecule has 0 aliphatic rings. The third-order valence-electron chi connectivity index (χ3n) is 5.17. The van der Waals surface area contributed by atoms with E-state index in [4.69, 9.17) is 9.47 Å². The minimum Gasteiger partial charge on any atom is -0.495 e. The van der Waals surface area contributed by atoms with Crippen LogP contribution in [-0.2, 0) is 16.6 Å². The van der Waals surface area contributed by atoms with Gasteiger partial charge in [0.05, 0.1) is 24.8 Å². The number of methoxy groups -OCH3 is 2. The van der Waals surface area contributed by atoms with Gasteiger partial charge in [-0.3, -0.25) is 9.10 Å². The highest BCUT2D eigenvalue weighted by Crippen LogP contribution is 2.31. The van der Waals surface area contributed by atoms with Gasteiger partial charge in [-0.25, -0.2) is 12.8 Å². The number of carbonyl (C=O) groups is 1. The van der Waals surface area contributed by atoms with Gasteiger partial charge in [0.25, 0.3) is 15.9 Å². The van der Waals surface area contributed by atoms with Crippen LogP contribution in [0.3, 0.4) is 0 Å². The molecule has 9 heteroatoms. The van der Waals surface area contributed by atoms with E-state index < -0.39 is 15.8 Å². The molecule has 0 bridgehead atoms. The van der Waals surface area contributed by atoms with Gasteiger partial charge in [0.1, 0.15) is 5.75 Å². The van der Waals surface area contributed by atoms with Gasteiger partial charge in [-0.2, -0.15) is 0 Å². The number of carbonyl (C=O) groups excluding carboxylic acids is 1. The maximum absolute atomic E-state index is 13.9. The third-order valence-corrected chi connectivity index (χ3v) is 6.95. The molecule has 174 valence electrons. The van der Waals surface area contributed by atoms with Gasteiger partial charge in [0.15, 0.2) is 11.6 Å².